The van der Waals surface area contributed by atoms with Crippen molar-refractivity contribution < 1.29 is 9.59 Å². The molecular weight excluding hydrogens is 694 g/mol. The van der Waals surface area contributed by atoms with Gasteiger partial charge in [0.25, 0.3) is 0 Å². The van der Waals surface area contributed by atoms with E-state index in [0.29, 0.717) is 24.7 Å². The average Bonchev–Trinajstić information content (AvgIpc) is 3.45. The van der Waals surface area contributed by atoms with Gasteiger partial charge >= 0.3 is 0 Å². The largest absolute Gasteiger partial charge is 0.348 e. The molecule has 3 aliphatic rings. The lowest BCUT2D eigenvalue weighted by Gasteiger charge is -2.38. The predicted octanol–water partition coefficient (Wildman–Crippen LogP) is 6.96. The molecule has 7 nitrogen and oxygen atoms in total. The topological polar surface area (TPSA) is 82.2 Å². The molecule has 0 spiro atoms. The zero-order valence-electron chi connectivity index (χ0n) is 24.5. The molecule has 4 heterocycles. The fraction of sp³-hybridized carbons (Fsp3) is 0.515. The maximum absolute atomic E-state index is 13.4. The number of hydrogen-bond donors (Lipinski definition) is 1. The second-order valence-electron chi connectivity index (χ2n) is 12.5. The highest BCUT2D eigenvalue weighted by Crippen LogP contribution is 2.46. The Hall–Kier alpha value is -2.23. The normalized spacial score (nSPS) is 20.3. The van der Waals surface area contributed by atoms with Gasteiger partial charge in [0.05, 0.1) is 12.0 Å². The number of likely N-dealkylation sites (tertiary alicyclic amines) is 2. The van der Waals surface area contributed by atoms with E-state index < -0.39 is 0 Å². The summed E-state index contributed by atoms with van der Waals surface area (Å²) in [5.41, 5.74) is 6.03. The minimum atomic E-state index is -0.0818. The molecule has 2 atom stereocenters. The molecule has 0 unspecified atom stereocenters. The van der Waals surface area contributed by atoms with E-state index in [4.69, 9.17) is 16.6 Å². The molecular formula is C33H38Br2ClN5O2. The van der Waals surface area contributed by atoms with Crippen molar-refractivity contribution in [3.8, 4) is 0 Å². The Morgan fingerprint density at radius 1 is 1.00 bits per heavy atom. The maximum atomic E-state index is 13.4. The predicted molar refractivity (Wildman–Crippen MR) is 175 cm³/mol. The van der Waals surface area contributed by atoms with Crippen LogP contribution in [0.1, 0.15) is 73.0 Å². The van der Waals surface area contributed by atoms with Crippen LogP contribution in [-0.4, -0.2) is 62.7 Å². The van der Waals surface area contributed by atoms with Crippen LogP contribution in [0.15, 0.2) is 45.9 Å². The number of rotatable bonds is 6. The summed E-state index contributed by atoms with van der Waals surface area (Å²) in [7, 11) is 0. The molecule has 3 aromatic rings. The van der Waals surface area contributed by atoms with Gasteiger partial charge in [-0.05, 0) is 101 Å². The van der Waals surface area contributed by atoms with E-state index in [2.05, 4.69) is 58.9 Å². The van der Waals surface area contributed by atoms with Gasteiger partial charge in [0.2, 0.25) is 11.8 Å². The van der Waals surface area contributed by atoms with E-state index in [-0.39, 0.29) is 23.7 Å². The Labute approximate surface area is 275 Å². The number of aromatic nitrogens is 3. The van der Waals surface area contributed by atoms with E-state index in [1.807, 2.05) is 24.1 Å². The zero-order valence-corrected chi connectivity index (χ0v) is 28.4. The van der Waals surface area contributed by atoms with Crippen molar-refractivity contribution in [2.75, 3.05) is 26.2 Å². The molecule has 228 valence electrons. The maximum Gasteiger partial charge on any atom is 0.225 e. The summed E-state index contributed by atoms with van der Waals surface area (Å²) in [6, 6.07) is 6.34. The lowest BCUT2D eigenvalue weighted by molar-refractivity contribution is -0.137. The number of benzene rings is 1. The van der Waals surface area contributed by atoms with Gasteiger partial charge in [-0.15, -0.1) is 0 Å². The SMILES string of the molecule is C[C@@H](Cc1cnc[nH]1)C(=O)N1CCC(CC(=O)N2CCC([C@H]3c4ncc(Br)cc4CCc4cc(Cl)cc(Br)c43)CC2)CC1. The monoisotopic (exact) mass is 729 g/mol. The van der Waals surface area contributed by atoms with Gasteiger partial charge in [-0.2, -0.15) is 0 Å². The first-order valence-corrected chi connectivity index (χ1v) is 17.4. The summed E-state index contributed by atoms with van der Waals surface area (Å²) in [6.07, 6.45) is 12.1. The Kier molecular flexibility index (Phi) is 9.60. The van der Waals surface area contributed by atoms with Crippen molar-refractivity contribution in [1.82, 2.24) is 24.8 Å². The minimum absolute atomic E-state index is 0.0818. The third kappa shape index (κ3) is 6.89. The molecule has 10 heteroatoms. The van der Waals surface area contributed by atoms with Crippen molar-refractivity contribution in [2.24, 2.45) is 17.8 Å². The van der Waals surface area contributed by atoms with Crippen LogP contribution in [0.4, 0.5) is 0 Å². The van der Waals surface area contributed by atoms with Crippen molar-refractivity contribution >= 4 is 55.3 Å². The first-order valence-electron chi connectivity index (χ1n) is 15.4. The summed E-state index contributed by atoms with van der Waals surface area (Å²) in [4.78, 5) is 42.6. The highest BCUT2D eigenvalue weighted by atomic mass is 79.9. The number of imidazole rings is 1. The number of aromatic amines is 1. The number of nitrogens with one attached hydrogen (secondary N) is 1. The first kappa shape index (κ1) is 30.8. The van der Waals surface area contributed by atoms with E-state index in [1.54, 1.807) is 12.5 Å². The Morgan fingerprint density at radius 2 is 1.72 bits per heavy atom. The van der Waals surface area contributed by atoms with Crippen LogP contribution < -0.4 is 0 Å². The number of H-pyrrole nitrogens is 1. The number of nitrogens with zero attached hydrogens (tertiary/aromatic N) is 4. The fourth-order valence-corrected chi connectivity index (χ4v) is 8.87. The molecule has 2 aromatic heterocycles. The third-order valence-electron chi connectivity index (χ3n) is 9.67. The molecule has 1 aromatic carbocycles. The van der Waals surface area contributed by atoms with Gasteiger partial charge in [-0.25, -0.2) is 4.98 Å². The van der Waals surface area contributed by atoms with Crippen LogP contribution in [0.3, 0.4) is 0 Å². The fourth-order valence-electron chi connectivity index (χ4n) is 7.37. The number of fused-ring (bicyclic) bond motifs is 2. The molecule has 2 fully saturated rings. The van der Waals surface area contributed by atoms with Crippen molar-refractivity contribution in [1.29, 1.82) is 0 Å². The quantitative estimate of drug-likeness (QED) is 0.298. The molecule has 2 amide bonds. The van der Waals surface area contributed by atoms with Gasteiger partial charge in [-0.3, -0.25) is 14.6 Å². The molecule has 0 radical (unpaired) electrons. The summed E-state index contributed by atoms with van der Waals surface area (Å²) < 4.78 is 2.06. The number of carbonyl (C=O) groups excluding carboxylic acids is 2. The van der Waals surface area contributed by atoms with E-state index >= 15 is 0 Å². The molecule has 43 heavy (non-hydrogen) atoms. The molecule has 1 aliphatic carbocycles. The number of aryl methyl sites for hydroxylation is 2. The lowest BCUT2D eigenvalue weighted by atomic mass is 9.76. The molecule has 0 bridgehead atoms. The highest BCUT2D eigenvalue weighted by molar-refractivity contribution is 9.10. The van der Waals surface area contributed by atoms with Crippen molar-refractivity contribution in [2.45, 2.75) is 64.2 Å². The van der Waals surface area contributed by atoms with E-state index in [1.165, 1.54) is 16.7 Å². The van der Waals surface area contributed by atoms with Crippen LogP contribution in [0, 0.1) is 17.8 Å². The average molecular weight is 732 g/mol. The Bertz CT molecular complexity index is 1470. The number of halogens is 3. The Balaban J connectivity index is 1.06. The summed E-state index contributed by atoms with van der Waals surface area (Å²) >= 11 is 14.0. The number of hydrogen-bond acceptors (Lipinski definition) is 4. The second kappa shape index (κ2) is 13.4. The first-order chi connectivity index (χ1) is 20.8. The third-order valence-corrected chi connectivity index (χ3v) is 11.0. The summed E-state index contributed by atoms with van der Waals surface area (Å²) in [6.45, 7) is 4.99. The minimum Gasteiger partial charge on any atom is -0.348 e. The standard InChI is InChI=1S/C33H38Br2ClN5O2/c1-20(12-27-18-37-19-39-27)33(43)41-8-4-21(5-9-41)13-29(42)40-10-6-22(7-11-40)31-30-23(15-26(36)16-28(30)35)2-3-24-14-25(34)17-38-32(24)31/h14-22,31H,2-13H2,1H3,(H,37,39)/t20-,31+/m0/s1. The number of carbonyl (C=O) groups is 2. The van der Waals surface area contributed by atoms with Crippen LogP contribution in [0.2, 0.25) is 5.02 Å². The van der Waals surface area contributed by atoms with E-state index in [9.17, 15) is 9.59 Å². The van der Waals surface area contributed by atoms with Crippen molar-refractivity contribution in [3.05, 3.63) is 79.0 Å². The lowest BCUT2D eigenvalue weighted by Crippen LogP contribution is -2.44. The summed E-state index contributed by atoms with van der Waals surface area (Å²) in [5.74, 6) is 1.26. The molecule has 1 N–H and O–H groups in total. The summed E-state index contributed by atoms with van der Waals surface area (Å²) in [5, 5.41) is 0.753. The van der Waals surface area contributed by atoms with Gasteiger partial charge < -0.3 is 14.8 Å². The molecule has 2 aliphatic heterocycles. The zero-order chi connectivity index (χ0) is 30.1. The second-order valence-corrected chi connectivity index (χ2v) is 14.7. The smallest absolute Gasteiger partial charge is 0.225 e. The Morgan fingerprint density at radius 3 is 2.44 bits per heavy atom. The number of amides is 2. The van der Waals surface area contributed by atoms with Gasteiger partial charge in [0.1, 0.15) is 0 Å². The van der Waals surface area contributed by atoms with Crippen LogP contribution in [0.5, 0.6) is 0 Å². The van der Waals surface area contributed by atoms with Crippen LogP contribution >= 0.6 is 43.5 Å². The van der Waals surface area contributed by atoms with Crippen molar-refractivity contribution in [3.63, 3.8) is 0 Å². The van der Waals surface area contributed by atoms with Crippen LogP contribution in [0.25, 0.3) is 0 Å². The molecule has 6 rings (SSSR count). The van der Waals surface area contributed by atoms with Crippen LogP contribution in [-0.2, 0) is 28.9 Å². The molecule has 2 saturated heterocycles. The molecule has 0 saturated carbocycles. The van der Waals surface area contributed by atoms with Gasteiger partial charge in [0.15, 0.2) is 0 Å². The van der Waals surface area contributed by atoms with E-state index in [0.717, 1.165) is 90.1 Å². The van der Waals surface area contributed by atoms with Gasteiger partial charge in [0, 0.05) is 82.9 Å². The van der Waals surface area contributed by atoms with Gasteiger partial charge in [-0.1, -0.05) is 34.5 Å². The number of pyridine rings is 1. The highest BCUT2D eigenvalue weighted by Gasteiger charge is 2.37. The number of piperidine rings is 2.